The number of aryl methyl sites for hydroxylation is 1. The number of rotatable bonds is 8. The fourth-order valence-electron chi connectivity index (χ4n) is 1.98. The van der Waals surface area contributed by atoms with Gasteiger partial charge in [0, 0.05) is 5.75 Å². The van der Waals surface area contributed by atoms with Crippen molar-refractivity contribution in [2.45, 2.75) is 57.3 Å². The molecule has 0 radical (unpaired) electrons. The number of benzene rings is 1. The van der Waals surface area contributed by atoms with Gasteiger partial charge in [0.25, 0.3) is 0 Å². The minimum absolute atomic E-state index is 0.696. The molecule has 0 bridgehead atoms. The first-order valence-electron chi connectivity index (χ1n) is 6.90. The predicted molar refractivity (Wildman–Crippen MR) is 80.2 cm³/mol. The summed E-state index contributed by atoms with van der Waals surface area (Å²) < 4.78 is 12.1. The average Bonchev–Trinajstić information content (AvgIpc) is 2.36. The Morgan fingerprint density at radius 1 is 1.11 bits per heavy atom. The van der Waals surface area contributed by atoms with Crippen molar-refractivity contribution in [1.29, 1.82) is 0 Å². The molecule has 0 fully saturated rings. The SMILES string of the molecule is CCCCCCCCS(=O)c1cccc(C)c1N. The van der Waals surface area contributed by atoms with Crippen LogP contribution in [0.3, 0.4) is 0 Å². The number of nitrogens with two attached hydrogens (primary N) is 1. The van der Waals surface area contributed by atoms with Crippen molar-refractivity contribution in [3.8, 4) is 0 Å². The van der Waals surface area contributed by atoms with Crippen molar-refractivity contribution < 1.29 is 4.21 Å². The Morgan fingerprint density at radius 3 is 2.50 bits per heavy atom. The van der Waals surface area contributed by atoms with Crippen LogP contribution in [0.25, 0.3) is 0 Å². The number of para-hydroxylation sites is 1. The molecule has 0 aliphatic rings. The molecule has 0 aromatic heterocycles. The molecular formula is C15H25NOS. The summed E-state index contributed by atoms with van der Waals surface area (Å²) in [6.45, 7) is 4.18. The molecule has 0 aliphatic heterocycles. The zero-order valence-corrected chi connectivity index (χ0v) is 12.4. The topological polar surface area (TPSA) is 43.1 Å². The Labute approximate surface area is 113 Å². The van der Waals surface area contributed by atoms with Crippen LogP contribution in [0.1, 0.15) is 51.0 Å². The maximum Gasteiger partial charge on any atom is 0.0620 e. The highest BCUT2D eigenvalue weighted by molar-refractivity contribution is 7.85. The zero-order valence-electron chi connectivity index (χ0n) is 11.6. The maximum atomic E-state index is 12.1. The second kappa shape index (κ2) is 8.30. The Bertz CT molecular complexity index is 390. The average molecular weight is 267 g/mol. The van der Waals surface area contributed by atoms with E-state index in [0.717, 1.165) is 22.6 Å². The van der Waals surface area contributed by atoms with Crippen molar-refractivity contribution in [2.24, 2.45) is 0 Å². The Morgan fingerprint density at radius 2 is 1.78 bits per heavy atom. The van der Waals surface area contributed by atoms with Gasteiger partial charge in [-0.15, -0.1) is 0 Å². The minimum Gasteiger partial charge on any atom is -0.398 e. The molecule has 1 atom stereocenters. The monoisotopic (exact) mass is 267 g/mol. The molecule has 2 N–H and O–H groups in total. The van der Waals surface area contributed by atoms with Gasteiger partial charge >= 0.3 is 0 Å². The largest absolute Gasteiger partial charge is 0.398 e. The summed E-state index contributed by atoms with van der Waals surface area (Å²) in [4.78, 5) is 0.809. The second-order valence-electron chi connectivity index (χ2n) is 4.80. The predicted octanol–water partition coefficient (Wildman–Crippen LogP) is 4.05. The van der Waals surface area contributed by atoms with Gasteiger partial charge in [0.15, 0.2) is 0 Å². The Hall–Kier alpha value is -0.830. The van der Waals surface area contributed by atoms with E-state index in [1.165, 1.54) is 32.1 Å². The highest BCUT2D eigenvalue weighted by atomic mass is 32.2. The molecule has 1 aromatic carbocycles. The van der Waals surface area contributed by atoms with Gasteiger partial charge in [0.1, 0.15) is 0 Å². The fraction of sp³-hybridized carbons (Fsp3) is 0.600. The normalized spacial score (nSPS) is 12.6. The van der Waals surface area contributed by atoms with Crippen LogP contribution in [-0.2, 0) is 10.8 Å². The molecule has 18 heavy (non-hydrogen) atoms. The summed E-state index contributed by atoms with van der Waals surface area (Å²) in [6, 6.07) is 5.77. The minimum atomic E-state index is -0.937. The Balaban J connectivity index is 2.35. The second-order valence-corrected chi connectivity index (χ2v) is 6.34. The first kappa shape index (κ1) is 15.2. The molecule has 1 rings (SSSR count). The highest BCUT2D eigenvalue weighted by Crippen LogP contribution is 2.21. The lowest BCUT2D eigenvalue weighted by atomic mass is 10.1. The van der Waals surface area contributed by atoms with Gasteiger partial charge in [-0.1, -0.05) is 51.2 Å². The van der Waals surface area contributed by atoms with E-state index < -0.39 is 10.8 Å². The third-order valence-corrected chi connectivity index (χ3v) is 4.72. The van der Waals surface area contributed by atoms with E-state index in [4.69, 9.17) is 5.73 Å². The number of nitrogen functional groups attached to an aromatic ring is 1. The van der Waals surface area contributed by atoms with Crippen LogP contribution in [0.5, 0.6) is 0 Å². The van der Waals surface area contributed by atoms with Crippen molar-refractivity contribution in [3.05, 3.63) is 23.8 Å². The molecular weight excluding hydrogens is 242 g/mol. The van der Waals surface area contributed by atoms with E-state index in [1.807, 2.05) is 25.1 Å². The molecule has 0 saturated heterocycles. The van der Waals surface area contributed by atoms with Crippen LogP contribution in [-0.4, -0.2) is 9.96 Å². The molecule has 0 aliphatic carbocycles. The van der Waals surface area contributed by atoms with E-state index >= 15 is 0 Å². The smallest absolute Gasteiger partial charge is 0.0620 e. The highest BCUT2D eigenvalue weighted by Gasteiger charge is 2.08. The molecule has 2 nitrogen and oxygen atoms in total. The van der Waals surface area contributed by atoms with Gasteiger partial charge in [0.2, 0.25) is 0 Å². The molecule has 1 unspecified atom stereocenters. The lowest BCUT2D eigenvalue weighted by molar-refractivity contribution is 0.622. The first-order chi connectivity index (χ1) is 8.66. The third-order valence-electron chi connectivity index (χ3n) is 3.21. The van der Waals surface area contributed by atoms with Gasteiger partial charge in [0.05, 0.1) is 21.4 Å². The van der Waals surface area contributed by atoms with Crippen LogP contribution < -0.4 is 5.73 Å². The fourth-order valence-corrected chi connectivity index (χ4v) is 3.30. The van der Waals surface area contributed by atoms with Gasteiger partial charge in [-0.25, -0.2) is 0 Å². The zero-order chi connectivity index (χ0) is 13.4. The molecule has 102 valence electrons. The quantitative estimate of drug-likeness (QED) is 0.570. The van der Waals surface area contributed by atoms with Crippen LogP contribution >= 0.6 is 0 Å². The van der Waals surface area contributed by atoms with Crippen molar-refractivity contribution in [1.82, 2.24) is 0 Å². The van der Waals surface area contributed by atoms with E-state index in [2.05, 4.69) is 6.92 Å². The van der Waals surface area contributed by atoms with Crippen LogP contribution in [0, 0.1) is 6.92 Å². The van der Waals surface area contributed by atoms with E-state index in [9.17, 15) is 4.21 Å². The molecule has 3 heteroatoms. The summed E-state index contributed by atoms with van der Waals surface area (Å²) in [5, 5.41) is 0. The summed E-state index contributed by atoms with van der Waals surface area (Å²) >= 11 is 0. The molecule has 0 heterocycles. The van der Waals surface area contributed by atoms with Gasteiger partial charge < -0.3 is 5.73 Å². The molecule has 1 aromatic rings. The van der Waals surface area contributed by atoms with E-state index in [-0.39, 0.29) is 0 Å². The number of hydrogen-bond donors (Lipinski definition) is 1. The third kappa shape index (κ3) is 4.81. The van der Waals surface area contributed by atoms with E-state index in [1.54, 1.807) is 0 Å². The molecule has 0 spiro atoms. The molecule has 0 saturated carbocycles. The maximum absolute atomic E-state index is 12.1. The Kier molecular flexibility index (Phi) is 7.02. The van der Waals surface area contributed by atoms with Gasteiger partial charge in [-0.3, -0.25) is 4.21 Å². The number of unbranched alkanes of at least 4 members (excludes halogenated alkanes) is 5. The first-order valence-corrected chi connectivity index (χ1v) is 8.22. The lowest BCUT2D eigenvalue weighted by Gasteiger charge is -2.08. The lowest BCUT2D eigenvalue weighted by Crippen LogP contribution is -2.03. The van der Waals surface area contributed by atoms with Crippen molar-refractivity contribution >= 4 is 16.5 Å². The standard InChI is InChI=1S/C15H25NOS/c1-3-4-5-6-7-8-12-18(17)14-11-9-10-13(2)15(14)16/h9-11H,3-8,12,16H2,1-2H3. The number of hydrogen-bond acceptors (Lipinski definition) is 2. The van der Waals surface area contributed by atoms with Crippen molar-refractivity contribution in [2.75, 3.05) is 11.5 Å². The van der Waals surface area contributed by atoms with Crippen LogP contribution in [0.2, 0.25) is 0 Å². The van der Waals surface area contributed by atoms with Crippen molar-refractivity contribution in [3.63, 3.8) is 0 Å². The summed E-state index contributed by atoms with van der Waals surface area (Å²) in [6.07, 6.45) is 7.35. The summed E-state index contributed by atoms with van der Waals surface area (Å²) in [5.74, 6) is 0.736. The van der Waals surface area contributed by atoms with Crippen LogP contribution in [0.4, 0.5) is 5.69 Å². The summed E-state index contributed by atoms with van der Waals surface area (Å²) in [5.41, 5.74) is 7.67. The number of anilines is 1. The van der Waals surface area contributed by atoms with Gasteiger partial charge in [-0.2, -0.15) is 0 Å². The van der Waals surface area contributed by atoms with Gasteiger partial charge in [-0.05, 0) is 25.0 Å². The van der Waals surface area contributed by atoms with E-state index in [0.29, 0.717) is 5.69 Å². The molecule has 0 amide bonds. The van der Waals surface area contributed by atoms with Crippen LogP contribution in [0.15, 0.2) is 23.1 Å². The summed E-state index contributed by atoms with van der Waals surface area (Å²) in [7, 11) is -0.937.